The van der Waals surface area contributed by atoms with Gasteiger partial charge in [0.25, 0.3) is 0 Å². The SMILES string of the molecule is C(=C\c1cc(-c2ncc(-c3ccccc3)s2)c2ccc3ccc(-c4ncc(-c5ccccc5)s4)c4ccc1c2c34)/c1ccccc1. The second-order valence-corrected chi connectivity index (χ2v) is 13.5. The fraction of sp³-hybridized carbons (Fsp3) is 0. The van der Waals surface area contributed by atoms with Gasteiger partial charge in [0.15, 0.2) is 0 Å². The molecule has 0 aliphatic rings. The Morgan fingerprint density at radius 3 is 1.67 bits per heavy atom. The Kier molecular flexibility index (Phi) is 6.55. The molecule has 2 aromatic heterocycles. The Labute approximate surface area is 275 Å². The lowest BCUT2D eigenvalue weighted by Crippen LogP contribution is -1.91. The van der Waals surface area contributed by atoms with Crippen molar-refractivity contribution >= 4 is 67.1 Å². The number of rotatable bonds is 6. The molecule has 46 heavy (non-hydrogen) atoms. The minimum atomic E-state index is 1.03. The summed E-state index contributed by atoms with van der Waals surface area (Å²) in [4.78, 5) is 12.3. The maximum atomic E-state index is 4.99. The normalized spacial score (nSPS) is 11.8. The second kappa shape index (κ2) is 11.2. The Morgan fingerprint density at radius 2 is 1.00 bits per heavy atom. The Balaban J connectivity index is 1.28. The number of nitrogens with zero attached hydrogens (tertiary/aromatic N) is 2. The molecule has 0 N–H and O–H groups in total. The van der Waals surface area contributed by atoms with Gasteiger partial charge in [0, 0.05) is 23.5 Å². The molecule has 0 aliphatic carbocycles. The number of benzene rings is 7. The molecular formula is C42H26N2S2. The van der Waals surface area contributed by atoms with Crippen LogP contribution in [0.3, 0.4) is 0 Å². The molecule has 7 aromatic carbocycles. The molecule has 0 saturated carbocycles. The zero-order chi connectivity index (χ0) is 30.5. The first kappa shape index (κ1) is 26.9. The minimum Gasteiger partial charge on any atom is -0.244 e. The quantitative estimate of drug-likeness (QED) is 0.136. The molecule has 216 valence electrons. The van der Waals surface area contributed by atoms with Crippen molar-refractivity contribution in [2.75, 3.05) is 0 Å². The van der Waals surface area contributed by atoms with E-state index in [2.05, 4.69) is 146 Å². The van der Waals surface area contributed by atoms with Crippen LogP contribution in [0.2, 0.25) is 0 Å². The first-order valence-corrected chi connectivity index (χ1v) is 16.9. The van der Waals surface area contributed by atoms with E-state index in [1.54, 1.807) is 22.7 Å². The molecule has 0 spiro atoms. The predicted molar refractivity (Wildman–Crippen MR) is 199 cm³/mol. The zero-order valence-electron chi connectivity index (χ0n) is 24.7. The van der Waals surface area contributed by atoms with E-state index in [9.17, 15) is 0 Å². The van der Waals surface area contributed by atoms with Crippen LogP contribution in [-0.4, -0.2) is 9.97 Å². The van der Waals surface area contributed by atoms with E-state index in [0.29, 0.717) is 0 Å². The van der Waals surface area contributed by atoms with Crippen LogP contribution in [0.15, 0.2) is 146 Å². The van der Waals surface area contributed by atoms with E-state index in [-0.39, 0.29) is 0 Å². The third-order valence-electron chi connectivity index (χ3n) is 8.66. The molecule has 4 heteroatoms. The van der Waals surface area contributed by atoms with Gasteiger partial charge < -0.3 is 0 Å². The van der Waals surface area contributed by atoms with Gasteiger partial charge in [-0.25, -0.2) is 9.97 Å². The smallest absolute Gasteiger partial charge is 0.124 e. The van der Waals surface area contributed by atoms with Crippen LogP contribution in [0.5, 0.6) is 0 Å². The fourth-order valence-electron chi connectivity index (χ4n) is 6.44. The van der Waals surface area contributed by atoms with Crippen molar-refractivity contribution in [1.82, 2.24) is 9.97 Å². The third kappa shape index (κ3) is 4.62. The summed E-state index contributed by atoms with van der Waals surface area (Å²) in [5, 5.41) is 9.54. The summed E-state index contributed by atoms with van der Waals surface area (Å²) in [5.41, 5.74) is 7.08. The van der Waals surface area contributed by atoms with Gasteiger partial charge in [-0.3, -0.25) is 0 Å². The lowest BCUT2D eigenvalue weighted by Gasteiger charge is -2.17. The summed E-state index contributed by atoms with van der Waals surface area (Å²) in [7, 11) is 0. The van der Waals surface area contributed by atoms with Gasteiger partial charge in [-0.1, -0.05) is 140 Å². The summed E-state index contributed by atoms with van der Waals surface area (Å²) < 4.78 is 0. The number of thiazole rings is 2. The van der Waals surface area contributed by atoms with E-state index in [1.807, 2.05) is 12.4 Å². The van der Waals surface area contributed by atoms with Crippen molar-refractivity contribution in [3.8, 4) is 42.0 Å². The highest BCUT2D eigenvalue weighted by Crippen LogP contribution is 2.46. The average molecular weight is 623 g/mol. The second-order valence-electron chi connectivity index (χ2n) is 11.4. The van der Waals surface area contributed by atoms with Gasteiger partial charge >= 0.3 is 0 Å². The van der Waals surface area contributed by atoms with Crippen LogP contribution in [0.25, 0.3) is 86.5 Å². The molecule has 2 heterocycles. The average Bonchev–Trinajstić information content (AvgIpc) is 3.82. The van der Waals surface area contributed by atoms with Crippen molar-refractivity contribution in [1.29, 1.82) is 0 Å². The van der Waals surface area contributed by atoms with E-state index < -0.39 is 0 Å². The van der Waals surface area contributed by atoms with Gasteiger partial charge in [-0.05, 0) is 60.6 Å². The maximum Gasteiger partial charge on any atom is 0.124 e. The molecule has 0 amide bonds. The third-order valence-corrected chi connectivity index (χ3v) is 10.8. The van der Waals surface area contributed by atoms with Crippen LogP contribution in [0.4, 0.5) is 0 Å². The van der Waals surface area contributed by atoms with Gasteiger partial charge in [-0.2, -0.15) is 0 Å². The molecule has 0 saturated heterocycles. The number of hydrogen-bond acceptors (Lipinski definition) is 4. The Morgan fingerprint density at radius 1 is 0.457 bits per heavy atom. The lowest BCUT2D eigenvalue weighted by molar-refractivity contribution is 1.42. The fourth-order valence-corrected chi connectivity index (χ4v) is 8.36. The topological polar surface area (TPSA) is 25.8 Å². The predicted octanol–water partition coefficient (Wildman–Crippen LogP) is 12.3. The minimum absolute atomic E-state index is 1.03. The summed E-state index contributed by atoms with van der Waals surface area (Å²) in [6.07, 6.45) is 8.48. The molecule has 2 nitrogen and oxygen atoms in total. The molecule has 0 aliphatic heterocycles. The lowest BCUT2D eigenvalue weighted by atomic mass is 9.88. The molecule has 0 bridgehead atoms. The first-order valence-electron chi connectivity index (χ1n) is 15.3. The van der Waals surface area contributed by atoms with E-state index in [1.165, 1.54) is 69.9 Å². The molecule has 0 radical (unpaired) electrons. The summed E-state index contributed by atoms with van der Waals surface area (Å²) >= 11 is 3.50. The van der Waals surface area contributed by atoms with Gasteiger partial charge in [0.1, 0.15) is 10.0 Å². The van der Waals surface area contributed by atoms with Crippen LogP contribution in [-0.2, 0) is 0 Å². The Bertz CT molecular complexity index is 2510. The first-order chi connectivity index (χ1) is 22.8. The standard InChI is InChI=1S/C42H26N2S2/c1-4-10-27(11-5-1)16-17-31-24-36(42-44-26-38(46-42)29-14-8-3-9-15-29)34-20-18-30-19-21-35(33-23-22-32(31)40(34)39(30)33)41-43-25-37(45-41)28-12-6-2-7-13-28/h1-26H/b17-16+. The van der Waals surface area contributed by atoms with Gasteiger partial charge in [0.2, 0.25) is 0 Å². The van der Waals surface area contributed by atoms with E-state index in [0.717, 1.165) is 15.6 Å². The van der Waals surface area contributed by atoms with E-state index in [4.69, 9.17) is 9.97 Å². The molecule has 0 unspecified atom stereocenters. The summed E-state index contributed by atoms with van der Waals surface area (Å²) in [6.45, 7) is 0. The molecule has 9 rings (SSSR count). The molecular weight excluding hydrogens is 597 g/mol. The van der Waals surface area contributed by atoms with Crippen molar-refractivity contribution < 1.29 is 0 Å². The van der Waals surface area contributed by atoms with Crippen LogP contribution >= 0.6 is 22.7 Å². The van der Waals surface area contributed by atoms with Crippen molar-refractivity contribution in [2.24, 2.45) is 0 Å². The zero-order valence-corrected chi connectivity index (χ0v) is 26.4. The largest absolute Gasteiger partial charge is 0.244 e. The van der Waals surface area contributed by atoms with E-state index >= 15 is 0 Å². The van der Waals surface area contributed by atoms with Crippen molar-refractivity contribution in [2.45, 2.75) is 0 Å². The monoisotopic (exact) mass is 622 g/mol. The maximum absolute atomic E-state index is 4.99. The number of aromatic nitrogens is 2. The molecule has 9 aromatic rings. The Hall–Kier alpha value is -5.42. The van der Waals surface area contributed by atoms with Gasteiger partial charge in [-0.15, -0.1) is 22.7 Å². The van der Waals surface area contributed by atoms with Crippen LogP contribution < -0.4 is 0 Å². The summed E-state index contributed by atoms with van der Waals surface area (Å²) in [6, 6.07) is 47.5. The van der Waals surface area contributed by atoms with Crippen LogP contribution in [0.1, 0.15) is 11.1 Å². The van der Waals surface area contributed by atoms with Crippen LogP contribution in [0, 0.1) is 0 Å². The van der Waals surface area contributed by atoms with Crippen molar-refractivity contribution in [3.63, 3.8) is 0 Å². The highest BCUT2D eigenvalue weighted by molar-refractivity contribution is 7.18. The highest BCUT2D eigenvalue weighted by atomic mass is 32.1. The van der Waals surface area contributed by atoms with Crippen molar-refractivity contribution in [3.05, 3.63) is 157 Å². The molecule has 0 fully saturated rings. The van der Waals surface area contributed by atoms with Gasteiger partial charge in [0.05, 0.1) is 9.75 Å². The highest BCUT2D eigenvalue weighted by Gasteiger charge is 2.19. The molecule has 0 atom stereocenters. The number of hydrogen-bond donors (Lipinski definition) is 0. The summed E-state index contributed by atoms with van der Waals surface area (Å²) in [5.74, 6) is 0.